The molecule has 0 saturated heterocycles. The molecule has 10 heavy (non-hydrogen) atoms. The van der Waals surface area contributed by atoms with Crippen LogP contribution < -0.4 is 0 Å². The first-order valence-electron chi connectivity index (χ1n) is 2.67. The number of likely N-dealkylation sites (N-methyl/N-ethyl adjacent to an activating group) is 1. The van der Waals surface area contributed by atoms with Crippen molar-refractivity contribution in [1.82, 2.24) is 4.90 Å². The lowest BCUT2D eigenvalue weighted by Crippen LogP contribution is -2.10. The summed E-state index contributed by atoms with van der Waals surface area (Å²) in [5.74, 6) is -0.892. The molecule has 0 radical (unpaired) electrons. The second kappa shape index (κ2) is 6.58. The van der Waals surface area contributed by atoms with E-state index in [2.05, 4.69) is 0 Å². The molecule has 0 aromatic heterocycles. The van der Waals surface area contributed by atoms with Gasteiger partial charge in [-0.3, -0.25) is 0 Å². The molecule has 0 aliphatic carbocycles. The van der Waals surface area contributed by atoms with Gasteiger partial charge in [0.2, 0.25) is 0 Å². The number of carboxylic acids is 1. The topological polar surface area (TPSA) is 40.5 Å². The third-order valence-electron chi connectivity index (χ3n) is 0.731. The minimum absolute atomic E-state index is 0. The summed E-state index contributed by atoms with van der Waals surface area (Å²) in [5, 5.41) is 8.12. The third kappa shape index (κ3) is 10.4. The predicted molar refractivity (Wildman–Crippen MR) is 42.6 cm³/mol. The molecule has 1 N–H and O–H groups in total. The van der Waals surface area contributed by atoms with Gasteiger partial charge in [0.05, 0.1) is 0 Å². The molecule has 0 rings (SSSR count). The Hall–Kier alpha value is -0.540. The van der Waals surface area contributed by atoms with Crippen molar-refractivity contribution < 1.29 is 9.90 Å². The highest BCUT2D eigenvalue weighted by Crippen LogP contribution is 1.76. The van der Waals surface area contributed by atoms with Crippen LogP contribution in [0, 0.1) is 0 Å². The monoisotopic (exact) mass is 165 g/mol. The fourth-order valence-corrected chi connectivity index (χ4v) is 0.364. The maximum atomic E-state index is 9.88. The highest BCUT2D eigenvalue weighted by Gasteiger charge is 1.85. The van der Waals surface area contributed by atoms with Crippen LogP contribution in [-0.2, 0) is 4.79 Å². The number of rotatable bonds is 3. The van der Waals surface area contributed by atoms with Crippen LogP contribution in [-0.4, -0.2) is 36.6 Å². The molecular weight excluding hydrogens is 154 g/mol. The van der Waals surface area contributed by atoms with E-state index in [1.54, 1.807) is 6.08 Å². The van der Waals surface area contributed by atoms with Crippen LogP contribution in [0.4, 0.5) is 0 Å². The number of nitrogens with zero attached hydrogens (tertiary/aromatic N) is 1. The SMILES string of the molecule is CN(C)C/C=C/C(=O)O.Cl. The van der Waals surface area contributed by atoms with Gasteiger partial charge in [0, 0.05) is 12.6 Å². The van der Waals surface area contributed by atoms with Crippen LogP contribution in [0.15, 0.2) is 12.2 Å². The highest BCUT2D eigenvalue weighted by atomic mass is 35.5. The number of carboxylic acid groups (broad SMARTS) is 1. The molecule has 0 spiro atoms. The molecule has 0 aromatic rings. The van der Waals surface area contributed by atoms with Gasteiger partial charge in [-0.2, -0.15) is 0 Å². The molecule has 0 fully saturated rings. The first-order chi connectivity index (χ1) is 4.13. The molecule has 0 unspecified atom stereocenters. The van der Waals surface area contributed by atoms with Gasteiger partial charge in [0.25, 0.3) is 0 Å². The summed E-state index contributed by atoms with van der Waals surface area (Å²) in [4.78, 5) is 11.8. The standard InChI is InChI=1S/C6H11NO2.ClH/c1-7(2)5-3-4-6(8)9;/h3-4H,5H2,1-2H3,(H,8,9);1H/b4-3+;. The number of aliphatic carboxylic acids is 1. The fraction of sp³-hybridized carbons (Fsp3) is 0.500. The molecule has 0 saturated carbocycles. The van der Waals surface area contributed by atoms with E-state index in [0.717, 1.165) is 6.08 Å². The highest BCUT2D eigenvalue weighted by molar-refractivity contribution is 5.85. The summed E-state index contributed by atoms with van der Waals surface area (Å²) in [6, 6.07) is 0. The largest absolute Gasteiger partial charge is 0.478 e. The molecule has 0 amide bonds. The van der Waals surface area contributed by atoms with E-state index in [0.29, 0.717) is 6.54 Å². The molecule has 0 aliphatic heterocycles. The zero-order chi connectivity index (χ0) is 7.28. The van der Waals surface area contributed by atoms with Crippen molar-refractivity contribution in [3.05, 3.63) is 12.2 Å². The molecule has 3 nitrogen and oxygen atoms in total. The second-order valence-corrected chi connectivity index (χ2v) is 2.00. The van der Waals surface area contributed by atoms with Gasteiger partial charge < -0.3 is 10.0 Å². The van der Waals surface area contributed by atoms with Crippen molar-refractivity contribution in [3.63, 3.8) is 0 Å². The van der Waals surface area contributed by atoms with Gasteiger partial charge >= 0.3 is 5.97 Å². The van der Waals surface area contributed by atoms with E-state index in [-0.39, 0.29) is 12.4 Å². The van der Waals surface area contributed by atoms with E-state index in [1.165, 1.54) is 0 Å². The van der Waals surface area contributed by atoms with Gasteiger partial charge in [0.1, 0.15) is 0 Å². The third-order valence-corrected chi connectivity index (χ3v) is 0.731. The summed E-state index contributed by atoms with van der Waals surface area (Å²) >= 11 is 0. The van der Waals surface area contributed by atoms with E-state index in [1.807, 2.05) is 19.0 Å². The van der Waals surface area contributed by atoms with Crippen molar-refractivity contribution >= 4 is 18.4 Å². The lowest BCUT2D eigenvalue weighted by atomic mass is 10.5. The van der Waals surface area contributed by atoms with Crippen LogP contribution in [0.1, 0.15) is 0 Å². The molecule has 0 heterocycles. The Kier molecular flexibility index (Phi) is 8.00. The average molecular weight is 166 g/mol. The van der Waals surface area contributed by atoms with Gasteiger partial charge in [0.15, 0.2) is 0 Å². The van der Waals surface area contributed by atoms with Crippen LogP contribution in [0.5, 0.6) is 0 Å². The number of carbonyl (C=O) groups is 1. The normalized spacial score (nSPS) is 9.90. The minimum Gasteiger partial charge on any atom is -0.478 e. The lowest BCUT2D eigenvalue weighted by Gasteiger charge is -2.02. The maximum absolute atomic E-state index is 9.88. The Labute approximate surface area is 66.7 Å². The van der Waals surface area contributed by atoms with Crippen molar-refractivity contribution in [2.75, 3.05) is 20.6 Å². The average Bonchev–Trinajstić information content (AvgIpc) is 1.63. The molecule has 4 heteroatoms. The maximum Gasteiger partial charge on any atom is 0.328 e. The van der Waals surface area contributed by atoms with E-state index in [9.17, 15) is 4.79 Å². The van der Waals surface area contributed by atoms with Crippen LogP contribution in [0.2, 0.25) is 0 Å². The zero-order valence-electron chi connectivity index (χ0n) is 6.07. The van der Waals surface area contributed by atoms with Gasteiger partial charge in [-0.25, -0.2) is 4.79 Å². The summed E-state index contributed by atoms with van der Waals surface area (Å²) in [6.07, 6.45) is 2.74. The van der Waals surface area contributed by atoms with Crippen LogP contribution in [0.3, 0.4) is 0 Å². The van der Waals surface area contributed by atoms with Gasteiger partial charge in [-0.15, -0.1) is 12.4 Å². The molecule has 60 valence electrons. The molecule has 0 aromatic carbocycles. The van der Waals surface area contributed by atoms with Crippen LogP contribution >= 0.6 is 12.4 Å². The van der Waals surface area contributed by atoms with Gasteiger partial charge in [-0.05, 0) is 14.1 Å². The van der Waals surface area contributed by atoms with Gasteiger partial charge in [-0.1, -0.05) is 6.08 Å². The Morgan fingerprint density at radius 3 is 2.40 bits per heavy atom. The molecule has 0 aliphatic rings. The van der Waals surface area contributed by atoms with Crippen LogP contribution in [0.25, 0.3) is 0 Å². The van der Waals surface area contributed by atoms with E-state index >= 15 is 0 Å². The number of hydrogen-bond donors (Lipinski definition) is 1. The number of halogens is 1. The smallest absolute Gasteiger partial charge is 0.328 e. The summed E-state index contributed by atoms with van der Waals surface area (Å²) < 4.78 is 0. The summed E-state index contributed by atoms with van der Waals surface area (Å²) in [5.41, 5.74) is 0. The Morgan fingerprint density at radius 1 is 1.60 bits per heavy atom. The predicted octanol–water partition coefficient (Wildman–Crippen LogP) is 0.611. The Balaban J connectivity index is 0. The second-order valence-electron chi connectivity index (χ2n) is 2.00. The van der Waals surface area contributed by atoms with E-state index in [4.69, 9.17) is 5.11 Å². The zero-order valence-corrected chi connectivity index (χ0v) is 6.89. The van der Waals surface area contributed by atoms with Crippen molar-refractivity contribution in [2.24, 2.45) is 0 Å². The Bertz CT molecular complexity index is 123. The molecule has 0 bridgehead atoms. The first-order valence-corrected chi connectivity index (χ1v) is 2.67. The fourth-order valence-electron chi connectivity index (χ4n) is 0.364. The quantitative estimate of drug-likeness (QED) is 0.623. The molecule has 0 atom stereocenters. The van der Waals surface area contributed by atoms with Crippen molar-refractivity contribution in [3.8, 4) is 0 Å². The minimum atomic E-state index is -0.892. The summed E-state index contributed by atoms with van der Waals surface area (Å²) in [6.45, 7) is 0.673. The van der Waals surface area contributed by atoms with Crippen molar-refractivity contribution in [1.29, 1.82) is 0 Å². The van der Waals surface area contributed by atoms with Crippen molar-refractivity contribution in [2.45, 2.75) is 0 Å². The number of hydrogen-bond acceptors (Lipinski definition) is 2. The first kappa shape index (κ1) is 12.2. The van der Waals surface area contributed by atoms with E-state index < -0.39 is 5.97 Å². The molecular formula is C6H12ClNO2. The summed E-state index contributed by atoms with van der Waals surface area (Å²) in [7, 11) is 3.76. The lowest BCUT2D eigenvalue weighted by molar-refractivity contribution is -0.131. The Morgan fingerprint density at radius 2 is 2.10 bits per heavy atom.